The van der Waals surface area contributed by atoms with Crippen molar-refractivity contribution in [1.82, 2.24) is 10.6 Å². The zero-order valence-electron chi connectivity index (χ0n) is 13.5. The Hall–Kier alpha value is -0.780. The normalized spacial score (nSPS) is 12.8. The van der Waals surface area contributed by atoms with Crippen LogP contribution in [0, 0.1) is 0 Å². The highest BCUT2D eigenvalue weighted by Gasteiger charge is 2.18. The zero-order chi connectivity index (χ0) is 16.8. The average molecular weight is 392 g/mol. The van der Waals surface area contributed by atoms with E-state index in [0.29, 0.717) is 18.1 Å². The molecule has 0 saturated carbocycles. The molecule has 0 radical (unpaired) electrons. The quantitative estimate of drug-likeness (QED) is 0.751. The van der Waals surface area contributed by atoms with Crippen LogP contribution in [0.15, 0.2) is 22.7 Å². The number of halogens is 2. The molecular formula is C16H24BrClN2O2. The Balaban J connectivity index is 2.40. The largest absolute Gasteiger partial charge is 0.444 e. The second-order valence-electron chi connectivity index (χ2n) is 6.13. The third-order valence-corrected chi connectivity index (χ3v) is 4.15. The van der Waals surface area contributed by atoms with Gasteiger partial charge in [0.15, 0.2) is 0 Å². The lowest BCUT2D eigenvalue weighted by molar-refractivity contribution is 0.0502. The first-order valence-corrected chi connectivity index (χ1v) is 8.52. The zero-order valence-corrected chi connectivity index (χ0v) is 15.8. The summed E-state index contributed by atoms with van der Waals surface area (Å²) in [7, 11) is 0. The van der Waals surface area contributed by atoms with Gasteiger partial charge >= 0.3 is 6.09 Å². The minimum atomic E-state index is -0.482. The molecule has 1 amide bonds. The summed E-state index contributed by atoms with van der Waals surface area (Å²) in [5.41, 5.74) is 0.615. The fraction of sp³-hybridized carbons (Fsp3) is 0.562. The molecular weight excluding hydrogens is 368 g/mol. The van der Waals surface area contributed by atoms with Crippen molar-refractivity contribution >= 4 is 33.6 Å². The molecule has 0 spiro atoms. The van der Waals surface area contributed by atoms with E-state index in [9.17, 15) is 4.79 Å². The van der Waals surface area contributed by atoms with Gasteiger partial charge in [0.05, 0.1) is 5.02 Å². The van der Waals surface area contributed by atoms with Crippen molar-refractivity contribution in [3.63, 3.8) is 0 Å². The molecule has 2 N–H and O–H groups in total. The van der Waals surface area contributed by atoms with Gasteiger partial charge in [-0.25, -0.2) is 4.79 Å². The van der Waals surface area contributed by atoms with Crippen molar-refractivity contribution in [1.29, 1.82) is 0 Å². The number of carbonyl (C=O) groups is 1. The van der Waals surface area contributed by atoms with Crippen molar-refractivity contribution < 1.29 is 9.53 Å². The SMILES string of the molecule is CCC(CNCc1ccc(Br)c(Cl)c1)NC(=O)OC(C)(C)C. The van der Waals surface area contributed by atoms with Gasteiger partial charge in [-0.1, -0.05) is 24.6 Å². The van der Waals surface area contributed by atoms with Crippen LogP contribution in [0.4, 0.5) is 4.79 Å². The third kappa shape index (κ3) is 7.47. The highest BCUT2D eigenvalue weighted by molar-refractivity contribution is 9.10. The number of alkyl carbamates (subject to hydrolysis) is 1. The lowest BCUT2D eigenvalue weighted by Crippen LogP contribution is -2.43. The average Bonchev–Trinajstić information content (AvgIpc) is 2.39. The van der Waals surface area contributed by atoms with Gasteiger partial charge in [-0.05, 0) is 60.8 Å². The molecule has 0 aromatic heterocycles. The van der Waals surface area contributed by atoms with Gasteiger partial charge in [-0.15, -0.1) is 0 Å². The summed E-state index contributed by atoms with van der Waals surface area (Å²) in [4.78, 5) is 11.8. The third-order valence-electron chi connectivity index (χ3n) is 2.92. The first kappa shape index (κ1) is 19.3. The molecule has 0 saturated heterocycles. The first-order chi connectivity index (χ1) is 10.2. The molecule has 0 aliphatic heterocycles. The van der Waals surface area contributed by atoms with Crippen LogP contribution in [-0.2, 0) is 11.3 Å². The predicted octanol–water partition coefficient (Wildman–Crippen LogP) is 4.50. The highest BCUT2D eigenvalue weighted by atomic mass is 79.9. The monoisotopic (exact) mass is 390 g/mol. The van der Waals surface area contributed by atoms with Crippen molar-refractivity contribution in [2.45, 2.75) is 52.3 Å². The molecule has 1 atom stereocenters. The maximum Gasteiger partial charge on any atom is 0.407 e. The Morgan fingerprint density at radius 1 is 1.41 bits per heavy atom. The topological polar surface area (TPSA) is 50.4 Å². The van der Waals surface area contributed by atoms with Crippen molar-refractivity contribution in [3.05, 3.63) is 33.3 Å². The molecule has 0 aliphatic carbocycles. The van der Waals surface area contributed by atoms with E-state index in [2.05, 4.69) is 26.6 Å². The highest BCUT2D eigenvalue weighted by Crippen LogP contribution is 2.23. The summed E-state index contributed by atoms with van der Waals surface area (Å²) < 4.78 is 6.15. The fourth-order valence-corrected chi connectivity index (χ4v) is 2.26. The van der Waals surface area contributed by atoms with Gasteiger partial charge in [-0.2, -0.15) is 0 Å². The fourth-order valence-electron chi connectivity index (χ4n) is 1.81. The lowest BCUT2D eigenvalue weighted by Gasteiger charge is -2.23. The molecule has 4 nitrogen and oxygen atoms in total. The van der Waals surface area contributed by atoms with Crippen LogP contribution in [0.5, 0.6) is 0 Å². The molecule has 0 fully saturated rings. The Bertz CT molecular complexity index is 503. The molecule has 6 heteroatoms. The minimum Gasteiger partial charge on any atom is -0.444 e. The van der Waals surface area contributed by atoms with E-state index < -0.39 is 5.60 Å². The Morgan fingerprint density at radius 2 is 2.09 bits per heavy atom. The lowest BCUT2D eigenvalue weighted by atomic mass is 10.2. The number of ether oxygens (including phenoxy) is 1. The van der Waals surface area contributed by atoms with Gasteiger partial charge in [0.25, 0.3) is 0 Å². The number of hydrogen-bond acceptors (Lipinski definition) is 3. The van der Waals surface area contributed by atoms with Crippen molar-refractivity contribution in [3.8, 4) is 0 Å². The van der Waals surface area contributed by atoms with Gasteiger partial charge in [-0.3, -0.25) is 0 Å². The number of rotatable bonds is 6. The minimum absolute atomic E-state index is 0.0285. The van der Waals surface area contributed by atoms with Crippen molar-refractivity contribution in [2.24, 2.45) is 0 Å². The number of amides is 1. The molecule has 1 unspecified atom stereocenters. The summed E-state index contributed by atoms with van der Waals surface area (Å²) >= 11 is 9.43. The van der Waals surface area contributed by atoms with E-state index in [1.165, 1.54) is 0 Å². The first-order valence-electron chi connectivity index (χ1n) is 7.35. The van der Waals surface area contributed by atoms with E-state index in [-0.39, 0.29) is 12.1 Å². The Kier molecular flexibility index (Phi) is 7.66. The second kappa shape index (κ2) is 8.75. The maximum absolute atomic E-state index is 11.8. The number of hydrogen-bond donors (Lipinski definition) is 2. The summed E-state index contributed by atoms with van der Waals surface area (Å²) in [6.07, 6.45) is 0.445. The van der Waals surface area contributed by atoms with Gasteiger partial charge in [0.2, 0.25) is 0 Å². The molecule has 22 heavy (non-hydrogen) atoms. The van der Waals surface area contributed by atoms with Gasteiger partial charge < -0.3 is 15.4 Å². The Labute approximate surface area is 146 Å². The molecule has 1 rings (SSSR count). The Morgan fingerprint density at radius 3 is 2.64 bits per heavy atom. The standard InChI is InChI=1S/C16H24BrClN2O2/c1-5-12(20-15(21)22-16(2,3)4)10-19-9-11-6-7-13(17)14(18)8-11/h6-8,12,19H,5,9-10H2,1-4H3,(H,20,21). The second-order valence-corrected chi connectivity index (χ2v) is 7.39. The van der Waals surface area contributed by atoms with Crippen LogP contribution < -0.4 is 10.6 Å². The summed E-state index contributed by atoms with van der Waals surface area (Å²) in [5, 5.41) is 6.89. The van der Waals surface area contributed by atoms with Crippen LogP contribution in [0.25, 0.3) is 0 Å². The van der Waals surface area contributed by atoms with Gasteiger partial charge in [0.1, 0.15) is 5.60 Å². The van der Waals surface area contributed by atoms with E-state index >= 15 is 0 Å². The molecule has 124 valence electrons. The summed E-state index contributed by atoms with van der Waals surface area (Å²) in [5.74, 6) is 0. The predicted molar refractivity (Wildman–Crippen MR) is 94.3 cm³/mol. The van der Waals surface area contributed by atoms with E-state index in [1.807, 2.05) is 45.9 Å². The summed E-state index contributed by atoms with van der Waals surface area (Å²) in [6.45, 7) is 8.94. The van der Waals surface area contributed by atoms with E-state index in [4.69, 9.17) is 16.3 Å². The number of nitrogens with one attached hydrogen (secondary N) is 2. The molecule has 1 aromatic carbocycles. The van der Waals surface area contributed by atoms with Crippen LogP contribution in [0.3, 0.4) is 0 Å². The smallest absolute Gasteiger partial charge is 0.407 e. The van der Waals surface area contributed by atoms with Gasteiger partial charge in [0, 0.05) is 23.6 Å². The molecule has 1 aromatic rings. The van der Waals surface area contributed by atoms with E-state index in [0.717, 1.165) is 16.5 Å². The van der Waals surface area contributed by atoms with Crippen LogP contribution >= 0.6 is 27.5 Å². The van der Waals surface area contributed by atoms with Crippen LogP contribution in [0.2, 0.25) is 5.02 Å². The molecule has 0 bridgehead atoms. The number of benzene rings is 1. The number of carbonyl (C=O) groups excluding carboxylic acids is 1. The van der Waals surface area contributed by atoms with Crippen molar-refractivity contribution in [2.75, 3.05) is 6.54 Å². The van der Waals surface area contributed by atoms with Crippen LogP contribution in [0.1, 0.15) is 39.7 Å². The summed E-state index contributed by atoms with van der Waals surface area (Å²) in [6, 6.07) is 5.88. The van der Waals surface area contributed by atoms with E-state index in [1.54, 1.807) is 0 Å². The molecule has 0 aliphatic rings. The maximum atomic E-state index is 11.8. The molecule has 0 heterocycles. The van der Waals surface area contributed by atoms with Crippen LogP contribution in [-0.4, -0.2) is 24.3 Å².